The number of benzene rings is 2. The van der Waals surface area contributed by atoms with Crippen LogP contribution in [0.3, 0.4) is 0 Å². The van der Waals surface area contributed by atoms with Crippen molar-refractivity contribution >= 4 is 10.8 Å². The molecule has 0 aliphatic rings. The van der Waals surface area contributed by atoms with Gasteiger partial charge in [0.2, 0.25) is 0 Å². The van der Waals surface area contributed by atoms with Crippen molar-refractivity contribution in [2.75, 3.05) is 12.4 Å². The second kappa shape index (κ2) is 9.82. The second-order valence-corrected chi connectivity index (χ2v) is 7.82. The Hall–Kier alpha value is -1.53. The lowest BCUT2D eigenvalue weighted by atomic mass is 10.00. The lowest BCUT2D eigenvalue weighted by Crippen LogP contribution is -2.36. The lowest BCUT2D eigenvalue weighted by Gasteiger charge is -2.23. The predicted molar refractivity (Wildman–Crippen MR) is 99.7 cm³/mol. The first-order valence-electron chi connectivity index (χ1n) is 8.40. The monoisotopic (exact) mass is 362 g/mol. The van der Waals surface area contributed by atoms with E-state index in [9.17, 15) is 14.4 Å². The van der Waals surface area contributed by atoms with E-state index in [2.05, 4.69) is 0 Å². The van der Waals surface area contributed by atoms with Crippen LogP contribution >= 0.6 is 0 Å². The molecule has 0 fully saturated rings. The third-order valence-corrected chi connectivity index (χ3v) is 5.66. The summed E-state index contributed by atoms with van der Waals surface area (Å²) in [6.07, 6.45) is -1.67. The number of hydrogen-bond donors (Lipinski definition) is 2. The minimum atomic E-state index is -1.30. The molecule has 25 heavy (non-hydrogen) atoms. The van der Waals surface area contributed by atoms with Crippen molar-refractivity contribution in [1.82, 2.24) is 0 Å². The third-order valence-electron chi connectivity index (χ3n) is 4.22. The highest BCUT2D eigenvalue weighted by molar-refractivity contribution is 7.85. The van der Waals surface area contributed by atoms with Gasteiger partial charge >= 0.3 is 0 Å². The first-order chi connectivity index (χ1) is 12.0. The molecule has 0 aliphatic carbocycles. The molecule has 0 saturated carbocycles. The number of rotatable bonds is 9. The molecule has 4 nitrogen and oxygen atoms in total. The molecule has 0 heterocycles. The molecule has 136 valence electrons. The van der Waals surface area contributed by atoms with Gasteiger partial charge in [-0.1, -0.05) is 55.0 Å². The highest BCUT2D eigenvalue weighted by atomic mass is 32.2. The van der Waals surface area contributed by atoms with Crippen molar-refractivity contribution in [3.8, 4) is 0 Å². The number of aliphatic hydroxyl groups is 2. The summed E-state index contributed by atoms with van der Waals surface area (Å²) in [7, 11) is -1.30. The van der Waals surface area contributed by atoms with E-state index in [1.807, 2.05) is 61.5 Å². The van der Waals surface area contributed by atoms with Gasteiger partial charge in [-0.15, -0.1) is 0 Å². The maximum absolute atomic E-state index is 12.3. The fourth-order valence-corrected chi connectivity index (χ4v) is 3.62. The summed E-state index contributed by atoms with van der Waals surface area (Å²) < 4.78 is 17.8. The molecular weight excluding hydrogens is 336 g/mol. The van der Waals surface area contributed by atoms with Crippen molar-refractivity contribution in [3.63, 3.8) is 0 Å². The molecule has 0 aliphatic heterocycles. The first-order valence-corrected chi connectivity index (χ1v) is 9.72. The Balaban J connectivity index is 1.78. The fraction of sp³-hybridized carbons (Fsp3) is 0.400. The zero-order valence-electron chi connectivity index (χ0n) is 14.7. The summed E-state index contributed by atoms with van der Waals surface area (Å²) >= 11 is 0. The minimum Gasteiger partial charge on any atom is -0.392 e. The molecule has 0 radical (unpaired) electrons. The van der Waals surface area contributed by atoms with Gasteiger partial charge in [-0.25, -0.2) is 0 Å². The zero-order chi connectivity index (χ0) is 18.2. The Morgan fingerprint density at radius 2 is 1.64 bits per heavy atom. The quantitative estimate of drug-likeness (QED) is 0.720. The van der Waals surface area contributed by atoms with E-state index >= 15 is 0 Å². The van der Waals surface area contributed by atoms with Crippen molar-refractivity contribution < 1.29 is 19.2 Å². The van der Waals surface area contributed by atoms with Gasteiger partial charge in [-0.3, -0.25) is 4.21 Å². The summed E-state index contributed by atoms with van der Waals surface area (Å²) in [5.41, 5.74) is 2.13. The van der Waals surface area contributed by atoms with Crippen molar-refractivity contribution in [2.24, 2.45) is 5.92 Å². The number of ether oxygens (including phenoxy) is 1. The molecule has 0 amide bonds. The largest absolute Gasteiger partial charge is 0.392 e. The SMILES string of the molecule is Cc1ccc([S@](=O)C[C@@H](O)[C@H](C)[C@H](O)COCc2ccccc2)cc1. The topological polar surface area (TPSA) is 66.8 Å². The van der Waals surface area contributed by atoms with Crippen LogP contribution in [0.25, 0.3) is 0 Å². The number of aliphatic hydroxyl groups excluding tert-OH is 2. The van der Waals surface area contributed by atoms with Crippen molar-refractivity contribution in [1.29, 1.82) is 0 Å². The summed E-state index contributed by atoms with van der Waals surface area (Å²) in [4.78, 5) is 0.687. The van der Waals surface area contributed by atoms with Crippen LogP contribution in [0.4, 0.5) is 0 Å². The van der Waals surface area contributed by atoms with E-state index in [1.165, 1.54) is 0 Å². The van der Waals surface area contributed by atoms with E-state index < -0.39 is 28.9 Å². The van der Waals surface area contributed by atoms with Crippen molar-refractivity contribution in [3.05, 3.63) is 65.7 Å². The first kappa shape index (κ1) is 19.8. The summed E-state index contributed by atoms with van der Waals surface area (Å²) in [5.74, 6) is -0.329. The Morgan fingerprint density at radius 1 is 1.00 bits per heavy atom. The smallest absolute Gasteiger partial charge is 0.0824 e. The van der Waals surface area contributed by atoms with E-state index in [0.717, 1.165) is 11.1 Å². The minimum absolute atomic E-state index is 0.0972. The van der Waals surface area contributed by atoms with Gasteiger partial charge in [0.05, 0.1) is 42.0 Å². The number of hydrogen-bond acceptors (Lipinski definition) is 4. The molecule has 4 atom stereocenters. The average molecular weight is 362 g/mol. The molecular formula is C20H26O4S. The number of aryl methyl sites for hydroxylation is 1. The van der Waals surface area contributed by atoms with Crippen LogP contribution in [0.1, 0.15) is 18.1 Å². The Morgan fingerprint density at radius 3 is 2.28 bits per heavy atom. The average Bonchev–Trinajstić information content (AvgIpc) is 2.62. The van der Waals surface area contributed by atoms with Gasteiger partial charge in [0.1, 0.15) is 0 Å². The van der Waals surface area contributed by atoms with Gasteiger partial charge in [-0.2, -0.15) is 0 Å². The van der Waals surface area contributed by atoms with Crippen LogP contribution < -0.4 is 0 Å². The third kappa shape index (κ3) is 6.36. The maximum atomic E-state index is 12.3. The molecule has 2 aromatic carbocycles. The molecule has 0 saturated heterocycles. The Labute approximate surface area is 151 Å². The highest BCUT2D eigenvalue weighted by Gasteiger charge is 2.24. The van der Waals surface area contributed by atoms with Crippen LogP contribution in [0, 0.1) is 12.8 Å². The van der Waals surface area contributed by atoms with E-state index in [0.29, 0.717) is 11.5 Å². The van der Waals surface area contributed by atoms with Crippen LogP contribution in [0.2, 0.25) is 0 Å². The second-order valence-electron chi connectivity index (χ2n) is 6.32. The molecule has 0 aromatic heterocycles. The van der Waals surface area contributed by atoms with Crippen LogP contribution in [0.5, 0.6) is 0 Å². The van der Waals surface area contributed by atoms with Crippen molar-refractivity contribution in [2.45, 2.75) is 37.6 Å². The van der Waals surface area contributed by atoms with Gasteiger partial charge in [0, 0.05) is 10.8 Å². The molecule has 2 aromatic rings. The summed E-state index contributed by atoms with van der Waals surface area (Å²) in [6.45, 7) is 4.25. The standard InChI is InChI=1S/C20H26O4S/c1-15-8-10-18(11-9-15)25(23)14-20(22)16(2)19(21)13-24-12-17-6-4-3-5-7-17/h3-11,16,19-22H,12-14H2,1-2H3/t16-,19-,20-,25-/m1/s1. The Kier molecular flexibility index (Phi) is 7.78. The molecule has 5 heteroatoms. The molecule has 2 N–H and O–H groups in total. The molecule has 0 spiro atoms. The van der Waals surface area contributed by atoms with E-state index in [1.54, 1.807) is 6.92 Å². The van der Waals surface area contributed by atoms with Crippen LogP contribution in [-0.2, 0) is 22.1 Å². The fourth-order valence-electron chi connectivity index (χ4n) is 2.37. The zero-order valence-corrected chi connectivity index (χ0v) is 15.5. The normalized spacial score (nSPS) is 16.2. The maximum Gasteiger partial charge on any atom is 0.0824 e. The van der Waals surface area contributed by atoms with Gasteiger partial charge in [-0.05, 0) is 24.6 Å². The van der Waals surface area contributed by atoms with E-state index in [-0.39, 0.29) is 12.4 Å². The molecule has 0 bridgehead atoms. The summed E-state index contributed by atoms with van der Waals surface area (Å²) in [5, 5.41) is 20.5. The Bertz CT molecular complexity index is 657. The van der Waals surface area contributed by atoms with Gasteiger partial charge in [0.25, 0.3) is 0 Å². The predicted octanol–water partition coefficient (Wildman–Crippen LogP) is 2.68. The molecule has 0 unspecified atom stereocenters. The van der Waals surface area contributed by atoms with Crippen LogP contribution in [0.15, 0.2) is 59.5 Å². The van der Waals surface area contributed by atoms with Gasteiger partial charge < -0.3 is 14.9 Å². The molecule has 2 rings (SSSR count). The summed E-state index contributed by atoms with van der Waals surface area (Å²) in [6, 6.07) is 17.1. The van der Waals surface area contributed by atoms with E-state index in [4.69, 9.17) is 4.74 Å². The lowest BCUT2D eigenvalue weighted by molar-refractivity contribution is -0.0298. The van der Waals surface area contributed by atoms with Gasteiger partial charge in [0.15, 0.2) is 0 Å². The highest BCUT2D eigenvalue weighted by Crippen LogP contribution is 2.15. The van der Waals surface area contributed by atoms with Crippen LogP contribution in [-0.4, -0.2) is 39.0 Å².